The summed E-state index contributed by atoms with van der Waals surface area (Å²) >= 11 is 0. The smallest absolute Gasteiger partial charge is 0.142 e. The Morgan fingerprint density at radius 2 is 1.53 bits per heavy atom. The Hall–Kier alpha value is -0.0800. The molecule has 17 heavy (non-hydrogen) atoms. The van der Waals surface area contributed by atoms with E-state index in [0.29, 0.717) is 0 Å². The lowest BCUT2D eigenvalue weighted by Gasteiger charge is -2.29. The largest absolute Gasteiger partial charge is 0.328 e. The third-order valence-electron chi connectivity index (χ3n) is 5.55. The van der Waals surface area contributed by atoms with Gasteiger partial charge in [0.25, 0.3) is 0 Å². The van der Waals surface area contributed by atoms with Gasteiger partial charge in [0, 0.05) is 18.9 Å². The van der Waals surface area contributed by atoms with Crippen molar-refractivity contribution < 1.29 is 5.32 Å². The van der Waals surface area contributed by atoms with Crippen molar-refractivity contribution in [3.8, 4) is 0 Å². The molecular formula is C15H29N2+. The summed E-state index contributed by atoms with van der Waals surface area (Å²) in [5.74, 6) is 2.95. The van der Waals surface area contributed by atoms with Crippen LogP contribution in [0, 0.1) is 17.8 Å². The third-order valence-corrected chi connectivity index (χ3v) is 5.55. The summed E-state index contributed by atoms with van der Waals surface area (Å²) in [5, 5.41) is 2.73. The van der Waals surface area contributed by atoms with Gasteiger partial charge in [-0.2, -0.15) is 0 Å². The number of piperidine rings is 1. The van der Waals surface area contributed by atoms with Crippen LogP contribution in [0.3, 0.4) is 0 Å². The summed E-state index contributed by atoms with van der Waals surface area (Å²) in [6.45, 7) is 7.60. The number of hydrogen-bond donors (Lipinski definition) is 1. The summed E-state index contributed by atoms with van der Waals surface area (Å²) in [4.78, 5) is 2.77. The lowest BCUT2D eigenvalue weighted by atomic mass is 9.79. The number of nitrogens with zero attached hydrogens (tertiary/aromatic N) is 1. The van der Waals surface area contributed by atoms with Crippen LogP contribution < -0.4 is 5.32 Å². The minimum Gasteiger partial charge on any atom is -0.328 e. The van der Waals surface area contributed by atoms with Gasteiger partial charge in [0.1, 0.15) is 12.2 Å². The van der Waals surface area contributed by atoms with Crippen LogP contribution in [0.1, 0.15) is 52.4 Å². The first kappa shape index (κ1) is 12.0. The van der Waals surface area contributed by atoms with Gasteiger partial charge in [0.05, 0.1) is 6.54 Å². The standard InChI is InChI=1S/C15H28N2/c1-11-3-6-13(7-4-11)14-10-17-9-12(2)5-8-15(17)16-14/h11-16H,3-10H2,1-2H3/p+1. The maximum absolute atomic E-state index is 2.77. The molecule has 0 aromatic carbocycles. The van der Waals surface area contributed by atoms with Crippen LogP contribution in [0.15, 0.2) is 0 Å². The molecule has 2 nitrogen and oxygen atoms in total. The predicted molar refractivity (Wildman–Crippen MR) is 70.6 cm³/mol. The Morgan fingerprint density at radius 1 is 0.824 bits per heavy atom. The fourth-order valence-electron chi connectivity index (χ4n) is 4.33. The van der Waals surface area contributed by atoms with Crippen molar-refractivity contribution in [2.45, 2.75) is 64.6 Å². The molecule has 2 heteroatoms. The van der Waals surface area contributed by atoms with E-state index in [2.05, 4.69) is 24.1 Å². The topological polar surface area (TPSA) is 19.9 Å². The summed E-state index contributed by atoms with van der Waals surface area (Å²) in [7, 11) is 0. The molecule has 0 spiro atoms. The zero-order valence-electron chi connectivity index (χ0n) is 11.6. The second kappa shape index (κ2) is 4.89. The molecule has 98 valence electrons. The van der Waals surface area contributed by atoms with Crippen molar-refractivity contribution in [2.24, 2.45) is 17.8 Å². The lowest BCUT2D eigenvalue weighted by Crippen LogP contribution is -2.94. The zero-order valence-corrected chi connectivity index (χ0v) is 11.6. The van der Waals surface area contributed by atoms with Gasteiger partial charge in [0.2, 0.25) is 0 Å². The number of fused-ring (bicyclic) bond motifs is 1. The van der Waals surface area contributed by atoms with Gasteiger partial charge in [-0.1, -0.05) is 26.7 Å². The predicted octanol–water partition coefficient (Wildman–Crippen LogP) is 1.82. The molecule has 2 aliphatic heterocycles. The molecule has 3 atom stereocenters. The van der Waals surface area contributed by atoms with Crippen molar-refractivity contribution in [1.29, 1.82) is 0 Å². The average Bonchev–Trinajstić information content (AvgIpc) is 2.72. The quantitative estimate of drug-likeness (QED) is 0.737. The van der Waals surface area contributed by atoms with E-state index in [-0.39, 0.29) is 0 Å². The molecule has 3 unspecified atom stereocenters. The molecule has 0 aromatic heterocycles. The molecule has 1 aliphatic carbocycles. The van der Waals surface area contributed by atoms with E-state index in [1.807, 2.05) is 0 Å². The van der Waals surface area contributed by atoms with E-state index in [1.54, 1.807) is 0 Å². The molecule has 0 bridgehead atoms. The summed E-state index contributed by atoms with van der Waals surface area (Å²) in [6.07, 6.45) is 9.69. The summed E-state index contributed by atoms with van der Waals surface area (Å²) in [5.41, 5.74) is 0. The first-order valence-electron chi connectivity index (χ1n) is 7.81. The number of quaternary nitrogens is 1. The van der Waals surface area contributed by atoms with Crippen molar-refractivity contribution in [3.05, 3.63) is 0 Å². The van der Waals surface area contributed by atoms with Gasteiger partial charge in [-0.25, -0.2) is 4.90 Å². The highest BCUT2D eigenvalue weighted by Gasteiger charge is 2.42. The van der Waals surface area contributed by atoms with Gasteiger partial charge >= 0.3 is 0 Å². The molecule has 0 aromatic rings. The fourth-order valence-corrected chi connectivity index (χ4v) is 4.33. The highest BCUT2D eigenvalue weighted by molar-refractivity contribution is 4.85. The molecule has 0 amide bonds. The normalized spacial score (nSPS) is 48.0. The fraction of sp³-hybridized carbons (Fsp3) is 1.00. The lowest BCUT2D eigenvalue weighted by molar-refractivity contribution is -0.717. The highest BCUT2D eigenvalue weighted by atomic mass is 15.3. The van der Waals surface area contributed by atoms with Gasteiger partial charge in [-0.3, -0.25) is 0 Å². The highest BCUT2D eigenvalue weighted by Crippen LogP contribution is 2.32. The van der Waals surface area contributed by atoms with Crippen LogP contribution in [-0.4, -0.2) is 30.2 Å². The average molecular weight is 237 g/mol. The van der Waals surface area contributed by atoms with Crippen LogP contribution in [0.4, 0.5) is 0 Å². The molecular weight excluding hydrogens is 208 g/mol. The van der Waals surface area contributed by atoms with Gasteiger partial charge < -0.3 is 5.32 Å². The number of hydrogen-bond acceptors (Lipinski definition) is 1. The Balaban J connectivity index is 1.56. The first-order valence-corrected chi connectivity index (χ1v) is 7.81. The SMILES string of the molecule is CC1CCC(C2CN3CC(C)CCC3[NH2+]2)CC1. The van der Waals surface area contributed by atoms with E-state index in [4.69, 9.17) is 0 Å². The number of rotatable bonds is 1. The van der Waals surface area contributed by atoms with Gasteiger partial charge in [-0.05, 0) is 31.1 Å². The second-order valence-electron chi connectivity index (χ2n) is 7.08. The first-order chi connectivity index (χ1) is 8.22. The Kier molecular flexibility index (Phi) is 3.45. The minimum atomic E-state index is 0.843. The zero-order chi connectivity index (χ0) is 11.8. The molecule has 2 heterocycles. The second-order valence-corrected chi connectivity index (χ2v) is 7.08. The van der Waals surface area contributed by atoms with E-state index in [0.717, 1.165) is 30.0 Å². The van der Waals surface area contributed by atoms with E-state index >= 15 is 0 Å². The van der Waals surface area contributed by atoms with Crippen molar-refractivity contribution >= 4 is 0 Å². The van der Waals surface area contributed by atoms with Crippen molar-refractivity contribution in [3.63, 3.8) is 0 Å². The Morgan fingerprint density at radius 3 is 2.29 bits per heavy atom. The molecule has 1 saturated carbocycles. The maximum atomic E-state index is 2.77. The minimum absolute atomic E-state index is 0.843. The Bertz CT molecular complexity index is 258. The van der Waals surface area contributed by atoms with Crippen molar-refractivity contribution in [2.75, 3.05) is 13.1 Å². The van der Waals surface area contributed by atoms with Crippen LogP contribution >= 0.6 is 0 Å². The number of nitrogens with two attached hydrogens (primary N) is 1. The monoisotopic (exact) mass is 237 g/mol. The molecule has 3 rings (SSSR count). The Labute approximate surface area is 106 Å². The van der Waals surface area contributed by atoms with E-state index < -0.39 is 0 Å². The van der Waals surface area contributed by atoms with Crippen LogP contribution in [-0.2, 0) is 0 Å². The van der Waals surface area contributed by atoms with E-state index in [9.17, 15) is 0 Å². The maximum Gasteiger partial charge on any atom is 0.142 e. The summed E-state index contributed by atoms with van der Waals surface area (Å²) in [6, 6.07) is 0.929. The molecule has 0 radical (unpaired) electrons. The molecule has 3 aliphatic rings. The third kappa shape index (κ3) is 2.53. The van der Waals surface area contributed by atoms with Crippen LogP contribution in [0.2, 0.25) is 0 Å². The molecule has 2 saturated heterocycles. The summed E-state index contributed by atoms with van der Waals surface area (Å²) < 4.78 is 0. The van der Waals surface area contributed by atoms with Crippen LogP contribution in [0.25, 0.3) is 0 Å². The van der Waals surface area contributed by atoms with Crippen molar-refractivity contribution in [1.82, 2.24) is 4.90 Å². The van der Waals surface area contributed by atoms with Crippen LogP contribution in [0.5, 0.6) is 0 Å². The molecule has 2 N–H and O–H groups in total. The van der Waals surface area contributed by atoms with E-state index in [1.165, 1.54) is 51.6 Å². The molecule has 3 fully saturated rings. The van der Waals surface area contributed by atoms with Gasteiger partial charge in [0.15, 0.2) is 0 Å². The van der Waals surface area contributed by atoms with Gasteiger partial charge in [-0.15, -0.1) is 0 Å².